The molecule has 0 unspecified atom stereocenters. The summed E-state index contributed by atoms with van der Waals surface area (Å²) in [5.41, 5.74) is 5.94. The van der Waals surface area contributed by atoms with E-state index in [1.165, 1.54) is 30.4 Å². The molecule has 0 fully saturated rings. The van der Waals surface area contributed by atoms with Gasteiger partial charge in [0.1, 0.15) is 5.82 Å². The monoisotopic (exact) mass is 300 g/mol. The first-order chi connectivity index (χ1) is 9.34. The maximum Gasteiger partial charge on any atom is 0.242 e. The molecule has 0 radical (unpaired) electrons. The molecule has 1 rings (SSSR count). The molecule has 0 atom stereocenters. The second-order valence-corrected chi connectivity index (χ2v) is 6.72. The number of hydrogen-bond acceptors (Lipinski definition) is 3. The van der Waals surface area contributed by atoms with Crippen LogP contribution < -0.4 is 5.73 Å². The normalized spacial score (nSPS) is 11.8. The van der Waals surface area contributed by atoms with E-state index in [9.17, 15) is 12.8 Å². The molecular weight excluding hydrogens is 279 g/mol. The van der Waals surface area contributed by atoms with Crippen molar-refractivity contribution in [3.8, 4) is 0 Å². The lowest BCUT2D eigenvalue weighted by Gasteiger charge is -2.18. The summed E-state index contributed by atoms with van der Waals surface area (Å²) in [7, 11) is -2.10. The van der Waals surface area contributed by atoms with Crippen molar-refractivity contribution < 1.29 is 12.8 Å². The highest BCUT2D eigenvalue weighted by atomic mass is 32.2. The van der Waals surface area contributed by atoms with Crippen LogP contribution in [0.25, 0.3) is 0 Å². The molecule has 0 aliphatic rings. The van der Waals surface area contributed by atoms with Crippen LogP contribution in [0.4, 0.5) is 4.39 Å². The smallest absolute Gasteiger partial charge is 0.242 e. The van der Waals surface area contributed by atoms with Gasteiger partial charge in [-0.15, -0.1) is 6.58 Å². The zero-order chi connectivity index (χ0) is 15.3. The van der Waals surface area contributed by atoms with Crippen LogP contribution >= 0.6 is 0 Å². The summed E-state index contributed by atoms with van der Waals surface area (Å²) in [4.78, 5) is 0.0814. The number of allylic oxidation sites excluding steroid dienone is 1. The third-order valence-electron chi connectivity index (χ3n) is 3.11. The average molecular weight is 300 g/mol. The minimum atomic E-state index is -3.61. The maximum atomic E-state index is 13.7. The van der Waals surface area contributed by atoms with E-state index in [0.717, 1.165) is 6.42 Å². The van der Waals surface area contributed by atoms with E-state index in [-0.39, 0.29) is 22.6 Å². The van der Waals surface area contributed by atoms with Crippen molar-refractivity contribution in [3.63, 3.8) is 0 Å². The highest BCUT2D eigenvalue weighted by molar-refractivity contribution is 7.89. The van der Waals surface area contributed by atoms with Gasteiger partial charge in [-0.2, -0.15) is 0 Å². The SMILES string of the molecule is C=CCCCN(C)S(=O)(=O)c1cc(C)c(F)c(CN)c1. The van der Waals surface area contributed by atoms with Crippen molar-refractivity contribution >= 4 is 10.0 Å². The van der Waals surface area contributed by atoms with Crippen LogP contribution in [0.5, 0.6) is 0 Å². The average Bonchev–Trinajstić information content (AvgIpc) is 2.41. The molecule has 20 heavy (non-hydrogen) atoms. The number of rotatable bonds is 7. The Morgan fingerprint density at radius 3 is 2.65 bits per heavy atom. The molecule has 0 spiro atoms. The van der Waals surface area contributed by atoms with Crippen LogP contribution in [0.3, 0.4) is 0 Å². The van der Waals surface area contributed by atoms with Gasteiger partial charge in [-0.05, 0) is 37.5 Å². The van der Waals surface area contributed by atoms with Crippen molar-refractivity contribution in [2.75, 3.05) is 13.6 Å². The number of hydrogen-bond donors (Lipinski definition) is 1. The highest BCUT2D eigenvalue weighted by Crippen LogP contribution is 2.21. The zero-order valence-electron chi connectivity index (χ0n) is 11.9. The summed E-state index contributed by atoms with van der Waals surface area (Å²) in [6.45, 7) is 5.49. The number of sulfonamides is 1. The molecule has 0 bridgehead atoms. The van der Waals surface area contributed by atoms with Gasteiger partial charge in [0.2, 0.25) is 10.0 Å². The van der Waals surface area contributed by atoms with Gasteiger partial charge in [0.25, 0.3) is 0 Å². The lowest BCUT2D eigenvalue weighted by Crippen LogP contribution is -2.28. The maximum absolute atomic E-state index is 13.7. The van der Waals surface area contributed by atoms with E-state index in [1.54, 1.807) is 6.08 Å². The van der Waals surface area contributed by atoms with E-state index in [0.29, 0.717) is 13.0 Å². The van der Waals surface area contributed by atoms with E-state index in [2.05, 4.69) is 6.58 Å². The molecule has 0 saturated carbocycles. The molecule has 2 N–H and O–H groups in total. The Kier molecular flexibility index (Phi) is 5.86. The van der Waals surface area contributed by atoms with E-state index in [4.69, 9.17) is 5.73 Å². The molecule has 0 aliphatic carbocycles. The molecule has 0 aromatic heterocycles. The van der Waals surface area contributed by atoms with E-state index >= 15 is 0 Å². The third kappa shape index (κ3) is 3.65. The quantitative estimate of drug-likeness (QED) is 0.620. The Morgan fingerprint density at radius 2 is 2.10 bits per heavy atom. The first-order valence-corrected chi connectivity index (χ1v) is 7.85. The Balaban J connectivity index is 3.09. The van der Waals surface area contributed by atoms with Crippen molar-refractivity contribution in [2.24, 2.45) is 5.73 Å². The van der Waals surface area contributed by atoms with Crippen molar-refractivity contribution in [1.29, 1.82) is 0 Å². The fourth-order valence-electron chi connectivity index (χ4n) is 1.86. The van der Waals surface area contributed by atoms with Crippen molar-refractivity contribution in [2.45, 2.75) is 31.2 Å². The number of nitrogens with zero attached hydrogens (tertiary/aromatic N) is 1. The van der Waals surface area contributed by atoms with Crippen LogP contribution in [-0.2, 0) is 16.6 Å². The van der Waals surface area contributed by atoms with Gasteiger partial charge in [-0.1, -0.05) is 6.08 Å². The van der Waals surface area contributed by atoms with E-state index < -0.39 is 15.8 Å². The minimum Gasteiger partial charge on any atom is -0.326 e. The van der Waals surface area contributed by atoms with Crippen LogP contribution in [0, 0.1) is 12.7 Å². The largest absolute Gasteiger partial charge is 0.326 e. The number of benzene rings is 1. The first-order valence-electron chi connectivity index (χ1n) is 6.41. The van der Waals surface area contributed by atoms with Gasteiger partial charge in [-0.3, -0.25) is 0 Å². The molecule has 0 saturated heterocycles. The summed E-state index contributed by atoms with van der Waals surface area (Å²) in [5, 5.41) is 0. The Hall–Kier alpha value is -1.24. The van der Waals surface area contributed by atoms with Crippen LogP contribution in [0.1, 0.15) is 24.0 Å². The molecule has 0 aliphatic heterocycles. The number of aryl methyl sites for hydroxylation is 1. The number of halogens is 1. The summed E-state index contributed by atoms with van der Waals surface area (Å²) in [5.74, 6) is -0.444. The van der Waals surface area contributed by atoms with Gasteiger partial charge in [0, 0.05) is 25.7 Å². The zero-order valence-corrected chi connectivity index (χ0v) is 12.7. The lowest BCUT2D eigenvalue weighted by molar-refractivity contribution is 0.462. The molecular formula is C14H21FN2O2S. The summed E-state index contributed by atoms with van der Waals surface area (Å²) < 4.78 is 39.8. The Bertz CT molecular complexity index is 585. The van der Waals surface area contributed by atoms with Gasteiger partial charge in [-0.25, -0.2) is 17.1 Å². The Morgan fingerprint density at radius 1 is 1.45 bits per heavy atom. The standard InChI is InChI=1S/C14H21FN2O2S/c1-4-5-6-7-17(3)20(18,19)13-8-11(2)14(15)12(9-13)10-16/h4,8-9H,1,5-7,10,16H2,2-3H3. The van der Waals surface area contributed by atoms with Gasteiger partial charge in [0.15, 0.2) is 0 Å². The summed E-state index contributed by atoms with van der Waals surface area (Å²) in [6.07, 6.45) is 3.19. The lowest BCUT2D eigenvalue weighted by atomic mass is 10.1. The van der Waals surface area contributed by atoms with Crippen LogP contribution in [0.2, 0.25) is 0 Å². The molecule has 6 heteroatoms. The molecule has 1 aromatic carbocycles. The van der Waals surface area contributed by atoms with E-state index in [1.807, 2.05) is 0 Å². The van der Waals surface area contributed by atoms with Crippen LogP contribution in [0.15, 0.2) is 29.7 Å². The molecule has 1 aromatic rings. The summed E-state index contributed by atoms with van der Waals surface area (Å²) >= 11 is 0. The second-order valence-electron chi connectivity index (χ2n) is 4.67. The Labute approximate surface area is 120 Å². The fourth-order valence-corrected chi connectivity index (χ4v) is 3.21. The second kappa shape index (κ2) is 6.97. The molecule has 0 amide bonds. The van der Waals surface area contributed by atoms with Crippen molar-refractivity contribution in [3.05, 3.63) is 41.7 Å². The third-order valence-corrected chi connectivity index (χ3v) is 4.95. The minimum absolute atomic E-state index is 0.0315. The number of nitrogens with two attached hydrogens (primary N) is 1. The van der Waals surface area contributed by atoms with Crippen molar-refractivity contribution in [1.82, 2.24) is 4.31 Å². The fraction of sp³-hybridized carbons (Fsp3) is 0.429. The molecule has 112 valence electrons. The summed E-state index contributed by atoms with van der Waals surface area (Å²) in [6, 6.07) is 2.65. The van der Waals surface area contributed by atoms with Gasteiger partial charge < -0.3 is 5.73 Å². The molecule has 0 heterocycles. The highest BCUT2D eigenvalue weighted by Gasteiger charge is 2.22. The van der Waals surface area contributed by atoms with Gasteiger partial charge in [0.05, 0.1) is 4.90 Å². The van der Waals surface area contributed by atoms with Crippen LogP contribution in [-0.4, -0.2) is 26.3 Å². The molecule has 4 nitrogen and oxygen atoms in total. The topological polar surface area (TPSA) is 63.4 Å². The van der Waals surface area contributed by atoms with Gasteiger partial charge >= 0.3 is 0 Å². The predicted molar refractivity (Wildman–Crippen MR) is 78.3 cm³/mol. The first kappa shape index (κ1) is 16.8. The predicted octanol–water partition coefficient (Wildman–Crippen LogP) is 2.18. The number of unbranched alkanes of at least 4 members (excludes halogenated alkanes) is 1.